The molecule has 1 aromatic carbocycles. The molecule has 0 radical (unpaired) electrons. The maximum Gasteiger partial charge on any atom is 0.193 e. The van der Waals surface area contributed by atoms with E-state index >= 15 is 0 Å². The predicted molar refractivity (Wildman–Crippen MR) is 79.1 cm³/mol. The smallest absolute Gasteiger partial charge is 0.193 e. The molecule has 0 atom stereocenters. The van der Waals surface area contributed by atoms with Gasteiger partial charge in [-0.3, -0.25) is 4.99 Å². The highest BCUT2D eigenvalue weighted by molar-refractivity contribution is 5.92. The number of nitrogens with zero attached hydrogens (tertiary/aromatic N) is 2. The molecule has 0 heterocycles. The Labute approximate surface area is 109 Å². The second kappa shape index (κ2) is 6.86. The van der Waals surface area contributed by atoms with Crippen LogP contribution in [0.25, 0.3) is 0 Å². The Morgan fingerprint density at radius 3 is 2.67 bits per heavy atom. The van der Waals surface area contributed by atoms with Crippen LogP contribution in [0.1, 0.15) is 19.4 Å². The van der Waals surface area contributed by atoms with Gasteiger partial charge in [0, 0.05) is 38.1 Å². The lowest BCUT2D eigenvalue weighted by Crippen LogP contribution is -2.23. The number of guanidine groups is 1. The molecular weight excluding hydrogens is 226 g/mol. The van der Waals surface area contributed by atoms with Crippen LogP contribution in [0.3, 0.4) is 0 Å². The van der Waals surface area contributed by atoms with Crippen molar-refractivity contribution in [3.63, 3.8) is 0 Å². The monoisotopic (exact) mass is 249 g/mol. The molecule has 0 aliphatic heterocycles. The van der Waals surface area contributed by atoms with Gasteiger partial charge in [0.15, 0.2) is 5.96 Å². The van der Waals surface area contributed by atoms with Crippen LogP contribution < -0.4 is 21.7 Å². The Morgan fingerprint density at radius 2 is 2.11 bits per heavy atom. The highest BCUT2D eigenvalue weighted by Crippen LogP contribution is 2.23. The van der Waals surface area contributed by atoms with Crippen LogP contribution in [0.2, 0.25) is 0 Å². The van der Waals surface area contributed by atoms with Crippen LogP contribution in [-0.4, -0.2) is 26.1 Å². The average molecular weight is 249 g/mol. The van der Waals surface area contributed by atoms with Crippen LogP contribution in [0.4, 0.5) is 11.4 Å². The summed E-state index contributed by atoms with van der Waals surface area (Å²) < 4.78 is 0. The van der Waals surface area contributed by atoms with E-state index in [2.05, 4.69) is 29.2 Å². The number of nitrogens with two attached hydrogens (primary N) is 2. The number of hydrogen-bond acceptors (Lipinski definition) is 3. The zero-order chi connectivity index (χ0) is 13.5. The molecule has 18 heavy (non-hydrogen) atoms. The van der Waals surface area contributed by atoms with Crippen molar-refractivity contribution < 1.29 is 0 Å². The van der Waals surface area contributed by atoms with Crippen LogP contribution in [-0.2, 0) is 6.54 Å². The molecule has 100 valence electrons. The van der Waals surface area contributed by atoms with Gasteiger partial charge in [-0.25, -0.2) is 0 Å². The van der Waals surface area contributed by atoms with E-state index in [1.54, 1.807) is 0 Å². The first-order chi connectivity index (χ1) is 8.62. The Balaban J connectivity index is 2.95. The summed E-state index contributed by atoms with van der Waals surface area (Å²) >= 11 is 0. The van der Waals surface area contributed by atoms with Crippen molar-refractivity contribution in [3.8, 4) is 0 Å². The van der Waals surface area contributed by atoms with Crippen LogP contribution in [0.5, 0.6) is 0 Å². The maximum atomic E-state index is 5.79. The Hall–Kier alpha value is -1.75. The van der Waals surface area contributed by atoms with Gasteiger partial charge < -0.3 is 21.7 Å². The molecule has 0 aliphatic carbocycles. The second-order valence-electron chi connectivity index (χ2n) is 4.05. The van der Waals surface area contributed by atoms with Crippen molar-refractivity contribution in [2.75, 3.05) is 30.4 Å². The van der Waals surface area contributed by atoms with E-state index in [1.807, 2.05) is 25.1 Å². The van der Waals surface area contributed by atoms with E-state index in [1.165, 1.54) is 0 Å². The van der Waals surface area contributed by atoms with Gasteiger partial charge in [-0.1, -0.05) is 0 Å². The molecule has 1 aromatic rings. The number of benzene rings is 1. The summed E-state index contributed by atoms with van der Waals surface area (Å²) in [5.74, 6) is 0.428. The van der Waals surface area contributed by atoms with E-state index in [4.69, 9.17) is 11.5 Å². The van der Waals surface area contributed by atoms with Gasteiger partial charge in [-0.2, -0.15) is 0 Å². The Bertz CT molecular complexity index is 414. The summed E-state index contributed by atoms with van der Waals surface area (Å²) in [6.45, 7) is 6.16. The first-order valence-electron chi connectivity index (χ1n) is 6.23. The molecule has 0 aliphatic rings. The van der Waals surface area contributed by atoms with Crippen LogP contribution in [0.15, 0.2) is 23.2 Å². The minimum Gasteiger partial charge on any atom is -0.375 e. The highest BCUT2D eigenvalue weighted by Gasteiger charge is 2.06. The maximum absolute atomic E-state index is 5.79. The van der Waals surface area contributed by atoms with Crippen molar-refractivity contribution in [2.45, 2.75) is 20.4 Å². The first kappa shape index (κ1) is 14.3. The van der Waals surface area contributed by atoms with Crippen LogP contribution >= 0.6 is 0 Å². The Kier molecular flexibility index (Phi) is 5.45. The lowest BCUT2D eigenvalue weighted by atomic mass is 10.1. The number of rotatable bonds is 5. The number of nitrogens with one attached hydrogen (secondary N) is 1. The van der Waals surface area contributed by atoms with E-state index in [0.717, 1.165) is 23.5 Å². The van der Waals surface area contributed by atoms with E-state index < -0.39 is 0 Å². The lowest BCUT2D eigenvalue weighted by molar-refractivity contribution is 0.941. The number of hydrogen-bond donors (Lipinski definition) is 3. The lowest BCUT2D eigenvalue weighted by Gasteiger charge is -2.21. The summed E-state index contributed by atoms with van der Waals surface area (Å²) in [7, 11) is 2.05. The number of anilines is 2. The largest absolute Gasteiger partial charge is 0.375 e. The molecule has 5 N–H and O–H groups in total. The first-order valence-corrected chi connectivity index (χ1v) is 6.23. The van der Waals surface area contributed by atoms with E-state index in [0.29, 0.717) is 19.0 Å². The predicted octanol–water partition coefficient (Wildman–Crippen LogP) is 1.35. The zero-order valence-corrected chi connectivity index (χ0v) is 11.4. The molecule has 0 saturated carbocycles. The SMILES string of the molecule is CCN=C(N)Nc1ccc(N(C)CC)c(CN)c1. The van der Waals surface area contributed by atoms with Gasteiger partial charge in [0.25, 0.3) is 0 Å². The average Bonchev–Trinajstić information content (AvgIpc) is 2.38. The third-order valence-electron chi connectivity index (χ3n) is 2.79. The van der Waals surface area contributed by atoms with E-state index in [9.17, 15) is 0 Å². The van der Waals surface area contributed by atoms with Gasteiger partial charge >= 0.3 is 0 Å². The normalized spacial score (nSPS) is 11.4. The molecule has 1 rings (SSSR count). The third kappa shape index (κ3) is 3.63. The quantitative estimate of drug-likeness (QED) is 0.543. The van der Waals surface area contributed by atoms with Gasteiger partial charge in [0.05, 0.1) is 0 Å². The fraction of sp³-hybridized carbons (Fsp3) is 0.462. The number of aliphatic imine (C=N–C) groups is 1. The van der Waals surface area contributed by atoms with Crippen molar-refractivity contribution in [1.82, 2.24) is 0 Å². The molecule has 0 bridgehead atoms. The van der Waals surface area contributed by atoms with Crippen molar-refractivity contribution >= 4 is 17.3 Å². The summed E-state index contributed by atoms with van der Waals surface area (Å²) in [6.07, 6.45) is 0. The minimum atomic E-state index is 0.428. The van der Waals surface area contributed by atoms with Gasteiger partial charge in [0.1, 0.15) is 0 Å². The molecule has 0 amide bonds. The topological polar surface area (TPSA) is 79.7 Å². The minimum absolute atomic E-state index is 0.428. The molecule has 0 saturated heterocycles. The van der Waals surface area contributed by atoms with Gasteiger partial charge in [-0.05, 0) is 37.6 Å². The van der Waals surface area contributed by atoms with E-state index in [-0.39, 0.29) is 0 Å². The molecular formula is C13H23N5. The molecule has 0 fully saturated rings. The molecule has 0 unspecified atom stereocenters. The van der Waals surface area contributed by atoms with Gasteiger partial charge in [0.2, 0.25) is 0 Å². The standard InChI is InChI=1S/C13H23N5/c1-4-16-13(15)17-11-6-7-12(18(3)5-2)10(8-11)9-14/h6-8H,4-5,9,14H2,1-3H3,(H3,15,16,17). The summed E-state index contributed by atoms with van der Waals surface area (Å²) in [4.78, 5) is 6.25. The van der Waals surface area contributed by atoms with Gasteiger partial charge in [-0.15, -0.1) is 0 Å². The molecule has 0 aromatic heterocycles. The Morgan fingerprint density at radius 1 is 1.39 bits per heavy atom. The highest BCUT2D eigenvalue weighted by atomic mass is 15.1. The second-order valence-corrected chi connectivity index (χ2v) is 4.05. The molecule has 5 nitrogen and oxygen atoms in total. The molecule has 0 spiro atoms. The van der Waals surface area contributed by atoms with Crippen molar-refractivity contribution in [3.05, 3.63) is 23.8 Å². The zero-order valence-electron chi connectivity index (χ0n) is 11.4. The van der Waals surface area contributed by atoms with Crippen molar-refractivity contribution in [1.29, 1.82) is 0 Å². The van der Waals surface area contributed by atoms with Crippen LogP contribution in [0, 0.1) is 0 Å². The fourth-order valence-corrected chi connectivity index (χ4v) is 1.73. The molecule has 5 heteroatoms. The summed E-state index contributed by atoms with van der Waals surface area (Å²) in [5.41, 5.74) is 14.7. The fourth-order valence-electron chi connectivity index (χ4n) is 1.73. The summed E-state index contributed by atoms with van der Waals surface area (Å²) in [6, 6.07) is 6.05. The third-order valence-corrected chi connectivity index (χ3v) is 2.79. The van der Waals surface area contributed by atoms with Crippen molar-refractivity contribution in [2.24, 2.45) is 16.5 Å². The summed E-state index contributed by atoms with van der Waals surface area (Å²) in [5, 5.41) is 3.06.